The van der Waals surface area contributed by atoms with E-state index < -0.39 is 10.5 Å². The molecule has 0 bridgehead atoms. The largest absolute Gasteiger partial charge is 0.478 e. The fourth-order valence-electron chi connectivity index (χ4n) is 2.58. The Hall–Kier alpha value is -2.21. The number of hydrogen-bond donors (Lipinski definition) is 0. The highest BCUT2D eigenvalue weighted by molar-refractivity contribution is 9.10. The molecule has 1 aliphatic rings. The monoisotopic (exact) mass is 361 g/mol. The number of benzene rings is 2. The van der Waals surface area contributed by atoms with Gasteiger partial charge in [0.1, 0.15) is 5.75 Å². The molecule has 1 aliphatic heterocycles. The van der Waals surface area contributed by atoms with Gasteiger partial charge in [-0.1, -0.05) is 28.1 Å². The van der Waals surface area contributed by atoms with Crippen LogP contribution in [0.25, 0.3) is 0 Å². The van der Waals surface area contributed by atoms with Crippen molar-refractivity contribution in [3.05, 3.63) is 68.2 Å². The summed E-state index contributed by atoms with van der Waals surface area (Å²) in [6.45, 7) is 1.74. The summed E-state index contributed by atoms with van der Waals surface area (Å²) in [6.07, 6.45) is 0.357. The first-order chi connectivity index (χ1) is 10.4. The van der Waals surface area contributed by atoms with Crippen LogP contribution in [0.2, 0.25) is 0 Å². The molecule has 6 heteroatoms. The molecule has 5 nitrogen and oxygen atoms in total. The van der Waals surface area contributed by atoms with Crippen molar-refractivity contribution in [2.75, 3.05) is 0 Å². The van der Waals surface area contributed by atoms with Crippen LogP contribution in [0.4, 0.5) is 5.69 Å². The molecule has 2 aromatic carbocycles. The third kappa shape index (κ3) is 2.50. The molecule has 1 atom stereocenters. The number of nitro benzene ring substituents is 1. The van der Waals surface area contributed by atoms with Crippen LogP contribution in [0.1, 0.15) is 22.8 Å². The molecule has 0 saturated carbocycles. The van der Waals surface area contributed by atoms with E-state index in [4.69, 9.17) is 4.74 Å². The summed E-state index contributed by atoms with van der Waals surface area (Å²) >= 11 is 3.35. The zero-order valence-electron chi connectivity index (χ0n) is 11.7. The molecule has 0 saturated heterocycles. The molecule has 0 fully saturated rings. The smallest absolute Gasteiger partial charge is 0.269 e. The quantitative estimate of drug-likeness (QED) is 0.613. The van der Waals surface area contributed by atoms with E-state index in [-0.39, 0.29) is 11.5 Å². The number of rotatable bonds is 3. The molecule has 0 amide bonds. The van der Waals surface area contributed by atoms with Crippen LogP contribution in [0.5, 0.6) is 5.75 Å². The minimum atomic E-state index is -0.987. The van der Waals surface area contributed by atoms with Crippen LogP contribution in [0.15, 0.2) is 46.9 Å². The summed E-state index contributed by atoms with van der Waals surface area (Å²) < 4.78 is 6.66. The van der Waals surface area contributed by atoms with Gasteiger partial charge in [0.05, 0.1) is 10.5 Å². The highest BCUT2D eigenvalue weighted by atomic mass is 79.9. The number of Topliss-reactive ketones (excluding diaryl/α,β-unsaturated/α-hetero) is 1. The van der Waals surface area contributed by atoms with Crippen LogP contribution in [-0.2, 0) is 6.42 Å². The summed E-state index contributed by atoms with van der Waals surface area (Å²) in [7, 11) is 0. The topological polar surface area (TPSA) is 69.4 Å². The molecule has 0 spiro atoms. The highest BCUT2D eigenvalue weighted by Crippen LogP contribution is 2.38. The van der Waals surface area contributed by atoms with Crippen LogP contribution in [0.3, 0.4) is 0 Å². The Morgan fingerprint density at radius 1 is 1.23 bits per heavy atom. The third-order valence-corrected chi connectivity index (χ3v) is 4.18. The zero-order valence-corrected chi connectivity index (χ0v) is 13.3. The fourth-order valence-corrected chi connectivity index (χ4v) is 2.95. The van der Waals surface area contributed by atoms with E-state index in [1.807, 2.05) is 6.07 Å². The van der Waals surface area contributed by atoms with Gasteiger partial charge in [-0.3, -0.25) is 14.9 Å². The number of fused-ring (bicyclic) bond motifs is 1. The van der Waals surface area contributed by atoms with Gasteiger partial charge in [0.2, 0.25) is 5.78 Å². The van der Waals surface area contributed by atoms with E-state index in [0.717, 1.165) is 10.0 Å². The SMILES string of the molecule is CC1(Cc2ccc([N+](=O)[O-])cc2)Oc2ccc(Br)cc2C1=O. The van der Waals surface area contributed by atoms with Gasteiger partial charge in [-0.05, 0) is 30.7 Å². The van der Waals surface area contributed by atoms with Crippen molar-refractivity contribution >= 4 is 27.4 Å². The van der Waals surface area contributed by atoms with Gasteiger partial charge >= 0.3 is 0 Å². The summed E-state index contributed by atoms with van der Waals surface area (Å²) in [5, 5.41) is 10.7. The second-order valence-corrected chi connectivity index (χ2v) is 6.32. The van der Waals surface area contributed by atoms with E-state index in [1.54, 1.807) is 31.2 Å². The number of carbonyl (C=O) groups excluding carboxylic acids is 1. The normalized spacial score (nSPS) is 19.6. The molecule has 0 aliphatic carbocycles. The summed E-state index contributed by atoms with van der Waals surface area (Å²) in [5.41, 5.74) is 0.408. The molecule has 1 unspecified atom stereocenters. The lowest BCUT2D eigenvalue weighted by atomic mass is 9.90. The Morgan fingerprint density at radius 3 is 2.55 bits per heavy atom. The van der Waals surface area contributed by atoms with Crippen LogP contribution in [-0.4, -0.2) is 16.3 Å². The fraction of sp³-hybridized carbons (Fsp3) is 0.188. The van der Waals surface area contributed by atoms with Crippen molar-refractivity contribution in [3.8, 4) is 5.75 Å². The standard InChI is InChI=1S/C16H12BrNO4/c1-16(9-10-2-5-12(6-3-10)18(20)21)15(19)13-8-11(17)4-7-14(13)22-16/h2-8H,9H2,1H3. The maximum Gasteiger partial charge on any atom is 0.269 e. The summed E-state index contributed by atoms with van der Waals surface area (Å²) in [6, 6.07) is 11.5. The predicted octanol–water partition coefficient (Wildman–Crippen LogP) is 3.93. The van der Waals surface area contributed by atoms with E-state index in [2.05, 4.69) is 15.9 Å². The van der Waals surface area contributed by atoms with Gasteiger partial charge in [0.15, 0.2) is 5.60 Å². The zero-order chi connectivity index (χ0) is 15.9. The predicted molar refractivity (Wildman–Crippen MR) is 84.3 cm³/mol. The molecule has 0 N–H and O–H groups in total. The Labute approximate surface area is 135 Å². The Morgan fingerprint density at radius 2 is 1.91 bits per heavy atom. The molecule has 2 aromatic rings. The number of nitro groups is 1. The van der Waals surface area contributed by atoms with Crippen LogP contribution < -0.4 is 4.74 Å². The first kappa shape index (κ1) is 14.7. The van der Waals surface area contributed by atoms with E-state index in [0.29, 0.717) is 17.7 Å². The average molecular weight is 362 g/mol. The molecular weight excluding hydrogens is 350 g/mol. The maximum atomic E-state index is 12.6. The second kappa shape index (κ2) is 5.21. The molecule has 0 aromatic heterocycles. The van der Waals surface area contributed by atoms with Crippen LogP contribution in [0, 0.1) is 10.1 Å². The number of carbonyl (C=O) groups is 1. The molecule has 0 radical (unpaired) electrons. The van der Waals surface area contributed by atoms with Gasteiger partial charge in [-0.25, -0.2) is 0 Å². The van der Waals surface area contributed by atoms with Crippen molar-refractivity contribution in [2.45, 2.75) is 18.9 Å². The molecule has 1 heterocycles. The minimum absolute atomic E-state index is 0.0276. The van der Waals surface area contributed by atoms with Crippen molar-refractivity contribution in [3.63, 3.8) is 0 Å². The number of ether oxygens (including phenoxy) is 1. The number of ketones is 1. The number of halogens is 1. The lowest BCUT2D eigenvalue weighted by Gasteiger charge is -2.22. The van der Waals surface area contributed by atoms with Crippen molar-refractivity contribution < 1.29 is 14.5 Å². The number of nitrogens with zero attached hydrogens (tertiary/aromatic N) is 1. The van der Waals surface area contributed by atoms with Crippen LogP contribution >= 0.6 is 15.9 Å². The first-order valence-corrected chi connectivity index (χ1v) is 7.45. The summed E-state index contributed by atoms with van der Waals surface area (Å²) in [5.74, 6) is 0.486. The molecule has 22 heavy (non-hydrogen) atoms. The number of non-ortho nitro benzene ring substituents is 1. The average Bonchev–Trinajstić information content (AvgIpc) is 2.71. The third-order valence-electron chi connectivity index (χ3n) is 3.69. The lowest BCUT2D eigenvalue weighted by molar-refractivity contribution is -0.384. The minimum Gasteiger partial charge on any atom is -0.478 e. The molecular formula is C16H12BrNO4. The number of hydrogen-bond acceptors (Lipinski definition) is 4. The molecule has 3 rings (SSSR count). The lowest BCUT2D eigenvalue weighted by Crippen LogP contribution is -2.38. The first-order valence-electron chi connectivity index (χ1n) is 6.66. The van der Waals surface area contributed by atoms with E-state index in [1.165, 1.54) is 12.1 Å². The Kier molecular flexibility index (Phi) is 3.48. The summed E-state index contributed by atoms with van der Waals surface area (Å²) in [4.78, 5) is 22.8. The Bertz CT molecular complexity index is 772. The maximum absolute atomic E-state index is 12.6. The van der Waals surface area contributed by atoms with Gasteiger partial charge in [-0.2, -0.15) is 0 Å². The van der Waals surface area contributed by atoms with Crippen molar-refractivity contribution in [1.82, 2.24) is 0 Å². The van der Waals surface area contributed by atoms with E-state index >= 15 is 0 Å². The van der Waals surface area contributed by atoms with Crippen molar-refractivity contribution in [1.29, 1.82) is 0 Å². The van der Waals surface area contributed by atoms with E-state index in [9.17, 15) is 14.9 Å². The van der Waals surface area contributed by atoms with Gasteiger partial charge in [-0.15, -0.1) is 0 Å². The second-order valence-electron chi connectivity index (χ2n) is 5.40. The van der Waals surface area contributed by atoms with Gasteiger partial charge in [0, 0.05) is 23.0 Å². The molecule has 112 valence electrons. The van der Waals surface area contributed by atoms with Crippen molar-refractivity contribution in [2.24, 2.45) is 0 Å². The van der Waals surface area contributed by atoms with Gasteiger partial charge in [0.25, 0.3) is 5.69 Å². The highest BCUT2D eigenvalue weighted by Gasteiger charge is 2.43. The van der Waals surface area contributed by atoms with Gasteiger partial charge < -0.3 is 4.74 Å². The Balaban J connectivity index is 1.86.